The quantitative estimate of drug-likeness (QED) is 0.188. The van der Waals surface area contributed by atoms with Crippen molar-refractivity contribution in [1.29, 1.82) is 0 Å². The SMILES string of the molecule is c1ccc(-c2nc(-c3ccccc3)nc(-c3cc4oc5ccccc5c4cc3-n3c4ccccc4c4c(-c5ccccc5)cccc43)n2)cc1. The number of fused-ring (bicyclic) bond motifs is 6. The van der Waals surface area contributed by atoms with Gasteiger partial charge in [0.05, 0.1) is 16.7 Å². The Kier molecular flexibility index (Phi) is 6.42. The summed E-state index contributed by atoms with van der Waals surface area (Å²) in [4.78, 5) is 15.3. The largest absolute Gasteiger partial charge is 0.456 e. The molecular weight excluding hydrogens is 613 g/mol. The van der Waals surface area contributed by atoms with Gasteiger partial charge in [-0.05, 0) is 41.5 Å². The van der Waals surface area contributed by atoms with Crippen molar-refractivity contribution in [2.45, 2.75) is 0 Å². The minimum absolute atomic E-state index is 0.570. The van der Waals surface area contributed by atoms with Crippen LogP contribution in [0.4, 0.5) is 0 Å². The van der Waals surface area contributed by atoms with E-state index in [1.165, 1.54) is 21.9 Å². The molecule has 0 spiro atoms. The van der Waals surface area contributed by atoms with Crippen LogP contribution in [0.25, 0.3) is 94.7 Å². The van der Waals surface area contributed by atoms with E-state index < -0.39 is 0 Å². The molecule has 0 bridgehead atoms. The van der Waals surface area contributed by atoms with Crippen LogP contribution in [0.5, 0.6) is 0 Å². The summed E-state index contributed by atoms with van der Waals surface area (Å²) in [5.41, 5.74) is 9.83. The molecule has 3 heterocycles. The van der Waals surface area contributed by atoms with Crippen molar-refractivity contribution < 1.29 is 4.42 Å². The van der Waals surface area contributed by atoms with Gasteiger partial charge in [-0.25, -0.2) is 15.0 Å². The number of para-hydroxylation sites is 2. The lowest BCUT2D eigenvalue weighted by atomic mass is 9.99. The van der Waals surface area contributed by atoms with E-state index in [4.69, 9.17) is 19.4 Å². The van der Waals surface area contributed by atoms with Crippen molar-refractivity contribution in [3.05, 3.63) is 170 Å². The standard InChI is InChI=1S/C45H28N4O/c1-4-15-29(16-5-1)32-23-14-25-38-42(32)34-22-10-12-24-37(34)49(38)39-27-35-33-21-11-13-26-40(33)50-41(35)28-36(39)45-47-43(30-17-6-2-7-18-30)46-44(48-45)31-19-8-3-9-20-31/h1-28H. The first kappa shape index (κ1) is 28.2. The maximum absolute atomic E-state index is 6.49. The van der Waals surface area contributed by atoms with E-state index in [0.29, 0.717) is 17.5 Å². The van der Waals surface area contributed by atoms with Gasteiger partial charge >= 0.3 is 0 Å². The summed E-state index contributed by atoms with van der Waals surface area (Å²) < 4.78 is 8.85. The Balaban J connectivity index is 1.34. The minimum Gasteiger partial charge on any atom is -0.456 e. The Morgan fingerprint density at radius 1 is 0.380 bits per heavy atom. The second-order valence-corrected chi connectivity index (χ2v) is 12.4. The van der Waals surface area contributed by atoms with Crippen LogP contribution < -0.4 is 0 Å². The fraction of sp³-hybridized carbons (Fsp3) is 0. The van der Waals surface area contributed by atoms with E-state index in [0.717, 1.165) is 55.3 Å². The Morgan fingerprint density at radius 3 is 1.64 bits per heavy atom. The van der Waals surface area contributed by atoms with Crippen molar-refractivity contribution >= 4 is 43.7 Å². The lowest BCUT2D eigenvalue weighted by molar-refractivity contribution is 0.669. The molecule has 0 amide bonds. The maximum atomic E-state index is 6.49. The van der Waals surface area contributed by atoms with Gasteiger partial charge in [0.25, 0.3) is 0 Å². The lowest BCUT2D eigenvalue weighted by Crippen LogP contribution is -2.03. The predicted molar refractivity (Wildman–Crippen MR) is 203 cm³/mol. The molecule has 0 aliphatic heterocycles. The number of furan rings is 1. The third kappa shape index (κ3) is 4.52. The van der Waals surface area contributed by atoms with Gasteiger partial charge in [0.2, 0.25) is 0 Å². The molecule has 0 unspecified atom stereocenters. The second kappa shape index (κ2) is 11.4. The molecule has 0 aliphatic rings. The summed E-state index contributed by atoms with van der Waals surface area (Å²) in [6.45, 7) is 0. The van der Waals surface area contributed by atoms with Crippen molar-refractivity contribution in [1.82, 2.24) is 19.5 Å². The molecule has 0 saturated carbocycles. The molecule has 0 N–H and O–H groups in total. The van der Waals surface area contributed by atoms with Gasteiger partial charge in [0.15, 0.2) is 17.5 Å². The average Bonchev–Trinajstić information content (AvgIpc) is 3.73. The van der Waals surface area contributed by atoms with Crippen LogP contribution in [0.2, 0.25) is 0 Å². The van der Waals surface area contributed by atoms with Crippen LogP contribution in [0, 0.1) is 0 Å². The highest BCUT2D eigenvalue weighted by molar-refractivity contribution is 6.16. The molecule has 0 atom stereocenters. The topological polar surface area (TPSA) is 56.7 Å². The summed E-state index contributed by atoms with van der Waals surface area (Å²) in [5.74, 6) is 1.79. The van der Waals surface area contributed by atoms with Crippen LogP contribution in [0.3, 0.4) is 0 Å². The first-order valence-corrected chi connectivity index (χ1v) is 16.7. The van der Waals surface area contributed by atoms with E-state index in [2.05, 4.69) is 102 Å². The van der Waals surface area contributed by atoms with Gasteiger partial charge < -0.3 is 8.98 Å². The maximum Gasteiger partial charge on any atom is 0.166 e. The molecule has 0 aliphatic carbocycles. The highest BCUT2D eigenvalue weighted by Gasteiger charge is 2.23. The summed E-state index contributed by atoms with van der Waals surface area (Å²) in [6.07, 6.45) is 0. The van der Waals surface area contributed by atoms with Crippen LogP contribution >= 0.6 is 0 Å². The van der Waals surface area contributed by atoms with E-state index in [9.17, 15) is 0 Å². The molecular formula is C45H28N4O. The van der Waals surface area contributed by atoms with Crippen molar-refractivity contribution in [2.24, 2.45) is 0 Å². The molecule has 0 saturated heterocycles. The van der Waals surface area contributed by atoms with Crippen LogP contribution in [0.1, 0.15) is 0 Å². The van der Waals surface area contributed by atoms with Gasteiger partial charge in [0, 0.05) is 38.2 Å². The van der Waals surface area contributed by atoms with Crippen LogP contribution in [-0.2, 0) is 0 Å². The van der Waals surface area contributed by atoms with Crippen LogP contribution in [0.15, 0.2) is 174 Å². The average molecular weight is 641 g/mol. The molecule has 0 fully saturated rings. The molecule has 7 aromatic carbocycles. The fourth-order valence-corrected chi connectivity index (χ4v) is 7.19. The first-order valence-electron chi connectivity index (χ1n) is 16.7. The minimum atomic E-state index is 0.570. The zero-order valence-corrected chi connectivity index (χ0v) is 26.9. The predicted octanol–water partition coefficient (Wildman–Crippen LogP) is 11.5. The molecule has 5 heteroatoms. The summed E-state index contributed by atoms with van der Waals surface area (Å²) in [6, 6.07) is 58.6. The van der Waals surface area contributed by atoms with Crippen LogP contribution in [-0.4, -0.2) is 19.5 Å². The number of benzene rings is 7. The molecule has 234 valence electrons. The van der Waals surface area contributed by atoms with Gasteiger partial charge in [-0.2, -0.15) is 0 Å². The van der Waals surface area contributed by atoms with Crippen molar-refractivity contribution in [3.63, 3.8) is 0 Å². The molecule has 0 radical (unpaired) electrons. The van der Waals surface area contributed by atoms with E-state index in [1.54, 1.807) is 0 Å². The zero-order chi connectivity index (χ0) is 33.0. The molecule has 5 nitrogen and oxygen atoms in total. The highest BCUT2D eigenvalue weighted by atomic mass is 16.3. The van der Waals surface area contributed by atoms with E-state index >= 15 is 0 Å². The lowest BCUT2D eigenvalue weighted by Gasteiger charge is -2.15. The Hall–Kier alpha value is -6.85. The molecule has 50 heavy (non-hydrogen) atoms. The van der Waals surface area contributed by atoms with Gasteiger partial charge in [0.1, 0.15) is 11.2 Å². The first-order chi connectivity index (χ1) is 24.8. The molecule has 3 aromatic heterocycles. The zero-order valence-electron chi connectivity index (χ0n) is 26.9. The summed E-state index contributed by atoms with van der Waals surface area (Å²) in [5, 5.41) is 4.47. The number of aromatic nitrogens is 4. The Bertz CT molecular complexity index is 2800. The van der Waals surface area contributed by atoms with Crippen molar-refractivity contribution in [3.8, 4) is 51.0 Å². The molecule has 10 aromatic rings. The van der Waals surface area contributed by atoms with Gasteiger partial charge in [-0.1, -0.05) is 140 Å². The fourth-order valence-electron chi connectivity index (χ4n) is 7.19. The van der Waals surface area contributed by atoms with E-state index in [-0.39, 0.29) is 0 Å². The number of rotatable bonds is 5. The highest BCUT2D eigenvalue weighted by Crippen LogP contribution is 2.43. The monoisotopic (exact) mass is 640 g/mol. The summed E-state index contributed by atoms with van der Waals surface area (Å²) in [7, 11) is 0. The normalized spacial score (nSPS) is 11.6. The Labute approximate surface area is 287 Å². The van der Waals surface area contributed by atoms with E-state index in [1.807, 2.05) is 72.8 Å². The summed E-state index contributed by atoms with van der Waals surface area (Å²) >= 11 is 0. The molecule has 10 rings (SSSR count). The Morgan fingerprint density at radius 2 is 0.940 bits per heavy atom. The smallest absolute Gasteiger partial charge is 0.166 e. The van der Waals surface area contributed by atoms with Gasteiger partial charge in [-0.15, -0.1) is 0 Å². The third-order valence-electron chi connectivity index (χ3n) is 9.46. The number of hydrogen-bond acceptors (Lipinski definition) is 4. The second-order valence-electron chi connectivity index (χ2n) is 12.4. The number of hydrogen-bond donors (Lipinski definition) is 0. The van der Waals surface area contributed by atoms with Gasteiger partial charge in [-0.3, -0.25) is 0 Å². The third-order valence-corrected chi connectivity index (χ3v) is 9.46. The van der Waals surface area contributed by atoms with Crippen molar-refractivity contribution in [2.75, 3.05) is 0 Å². The number of nitrogens with zero attached hydrogens (tertiary/aromatic N) is 4.